The van der Waals surface area contributed by atoms with Crippen LogP contribution in [0.4, 0.5) is 5.82 Å². The highest BCUT2D eigenvalue weighted by molar-refractivity contribution is 5.80. The Balaban J connectivity index is 1.82. The van der Waals surface area contributed by atoms with Crippen molar-refractivity contribution in [3.05, 3.63) is 48.2 Å². The summed E-state index contributed by atoms with van der Waals surface area (Å²) in [7, 11) is 1.84. The van der Waals surface area contributed by atoms with E-state index in [0.29, 0.717) is 19.4 Å². The van der Waals surface area contributed by atoms with Gasteiger partial charge in [-0.1, -0.05) is 6.07 Å². The van der Waals surface area contributed by atoms with E-state index in [1.165, 1.54) is 6.33 Å². The first-order valence-corrected chi connectivity index (χ1v) is 9.68. The van der Waals surface area contributed by atoms with Crippen molar-refractivity contribution in [2.24, 2.45) is 0 Å². The van der Waals surface area contributed by atoms with E-state index in [1.54, 1.807) is 19.3 Å². The highest BCUT2D eigenvalue weighted by Gasteiger charge is 2.20. The molecule has 0 aromatic carbocycles. The summed E-state index contributed by atoms with van der Waals surface area (Å²) in [6.07, 6.45) is 8.21. The van der Waals surface area contributed by atoms with Crippen LogP contribution in [0, 0.1) is 0 Å². The number of carbonyl (C=O) groups excluding carboxylic acids is 2. The van der Waals surface area contributed by atoms with Crippen LogP contribution in [0.3, 0.4) is 0 Å². The second-order valence-corrected chi connectivity index (χ2v) is 6.59. The minimum Gasteiger partial charge on any atom is -0.466 e. The summed E-state index contributed by atoms with van der Waals surface area (Å²) in [6.45, 7) is 2.10. The highest BCUT2D eigenvalue weighted by Crippen LogP contribution is 2.24. The Morgan fingerprint density at radius 3 is 2.64 bits per heavy atom. The van der Waals surface area contributed by atoms with Crippen LogP contribution in [0.5, 0.6) is 0 Å². The number of aromatic nitrogens is 3. The van der Waals surface area contributed by atoms with Crippen LogP contribution in [0.25, 0.3) is 0 Å². The molecule has 7 heteroatoms. The van der Waals surface area contributed by atoms with Gasteiger partial charge in [-0.2, -0.15) is 0 Å². The second-order valence-electron chi connectivity index (χ2n) is 6.59. The Morgan fingerprint density at radius 2 is 1.93 bits per heavy atom. The summed E-state index contributed by atoms with van der Waals surface area (Å²) < 4.78 is 5.04. The first-order chi connectivity index (χ1) is 13.6. The normalized spacial score (nSPS) is 11.6. The molecule has 2 aromatic heterocycles. The highest BCUT2D eigenvalue weighted by atomic mass is 16.5. The number of aryl methyl sites for hydroxylation is 1. The van der Waals surface area contributed by atoms with Gasteiger partial charge in [-0.15, -0.1) is 0 Å². The fraction of sp³-hybridized carbons (Fsp3) is 0.476. The van der Waals surface area contributed by atoms with Crippen LogP contribution in [0.2, 0.25) is 0 Å². The van der Waals surface area contributed by atoms with Crippen LogP contribution in [0.15, 0.2) is 36.9 Å². The quantitative estimate of drug-likeness (QED) is 0.443. The molecule has 0 saturated heterocycles. The Bertz CT molecular complexity index is 752. The molecule has 0 saturated carbocycles. The van der Waals surface area contributed by atoms with Crippen molar-refractivity contribution < 1.29 is 14.3 Å². The predicted octanol–water partition coefficient (Wildman–Crippen LogP) is 3.32. The van der Waals surface area contributed by atoms with E-state index < -0.39 is 0 Å². The number of Topliss-reactive ketones (excluding diaryl/α,β-unsaturated/α-hetero) is 1. The van der Waals surface area contributed by atoms with Crippen molar-refractivity contribution in [3.63, 3.8) is 0 Å². The lowest BCUT2D eigenvalue weighted by atomic mass is 9.91. The summed E-state index contributed by atoms with van der Waals surface area (Å²) in [5.74, 6) is 0.428. The molecule has 1 atom stereocenters. The zero-order chi connectivity index (χ0) is 20.2. The molecule has 150 valence electrons. The third-order valence-corrected chi connectivity index (χ3v) is 4.45. The minimum absolute atomic E-state index is 0.134. The molecule has 2 rings (SSSR count). The SMILES string of the molecule is CCOC(=O)CC(CC(=O)CCCCc1cccc(NC)n1)c1cncnc1. The fourth-order valence-electron chi connectivity index (χ4n) is 3.01. The van der Waals surface area contributed by atoms with E-state index in [1.807, 2.05) is 25.2 Å². The third kappa shape index (κ3) is 7.42. The van der Waals surface area contributed by atoms with Crippen molar-refractivity contribution in [2.75, 3.05) is 19.0 Å². The monoisotopic (exact) mass is 384 g/mol. The van der Waals surface area contributed by atoms with Gasteiger partial charge in [0, 0.05) is 43.9 Å². The molecule has 2 aromatic rings. The zero-order valence-electron chi connectivity index (χ0n) is 16.6. The van der Waals surface area contributed by atoms with Gasteiger partial charge in [0.15, 0.2) is 0 Å². The first kappa shape index (κ1) is 21.5. The minimum atomic E-state index is -0.306. The smallest absolute Gasteiger partial charge is 0.306 e. The lowest BCUT2D eigenvalue weighted by Gasteiger charge is -2.15. The average Bonchev–Trinajstić information content (AvgIpc) is 2.72. The molecule has 0 aliphatic heterocycles. The molecule has 0 radical (unpaired) electrons. The van der Waals surface area contributed by atoms with E-state index in [9.17, 15) is 9.59 Å². The van der Waals surface area contributed by atoms with Crippen LogP contribution >= 0.6 is 0 Å². The number of anilines is 1. The standard InChI is InChI=1S/C21H28N4O3/c1-3-28-21(27)12-16(17-13-23-15-24-14-17)11-19(26)9-5-4-7-18-8-6-10-20(22-2)25-18/h6,8,10,13-16H,3-5,7,9,11-12H2,1-2H3,(H,22,25). The molecule has 28 heavy (non-hydrogen) atoms. The number of carbonyl (C=O) groups is 2. The van der Waals surface area contributed by atoms with Crippen molar-refractivity contribution in [1.29, 1.82) is 0 Å². The molecule has 0 bridgehead atoms. The van der Waals surface area contributed by atoms with E-state index >= 15 is 0 Å². The molecule has 2 heterocycles. The number of pyridine rings is 1. The molecular formula is C21H28N4O3. The van der Waals surface area contributed by atoms with Gasteiger partial charge >= 0.3 is 5.97 Å². The van der Waals surface area contributed by atoms with Gasteiger partial charge in [0.2, 0.25) is 0 Å². The molecule has 0 fully saturated rings. The van der Waals surface area contributed by atoms with Gasteiger partial charge in [-0.3, -0.25) is 9.59 Å². The van der Waals surface area contributed by atoms with E-state index in [-0.39, 0.29) is 24.1 Å². The van der Waals surface area contributed by atoms with Crippen LogP contribution < -0.4 is 5.32 Å². The van der Waals surface area contributed by atoms with E-state index in [2.05, 4.69) is 20.3 Å². The van der Waals surface area contributed by atoms with Crippen molar-refractivity contribution >= 4 is 17.6 Å². The van der Waals surface area contributed by atoms with Gasteiger partial charge in [-0.25, -0.2) is 15.0 Å². The van der Waals surface area contributed by atoms with Gasteiger partial charge in [0.25, 0.3) is 0 Å². The van der Waals surface area contributed by atoms with Crippen molar-refractivity contribution in [2.45, 2.75) is 51.4 Å². The van der Waals surface area contributed by atoms with Gasteiger partial charge in [0.05, 0.1) is 13.0 Å². The zero-order valence-corrected chi connectivity index (χ0v) is 16.6. The second kappa shape index (κ2) is 11.8. The van der Waals surface area contributed by atoms with Gasteiger partial charge in [-0.05, 0) is 43.9 Å². The molecule has 0 amide bonds. The van der Waals surface area contributed by atoms with Gasteiger partial charge < -0.3 is 10.1 Å². The fourth-order valence-corrected chi connectivity index (χ4v) is 3.01. The number of ether oxygens (including phenoxy) is 1. The number of ketones is 1. The maximum absolute atomic E-state index is 12.5. The van der Waals surface area contributed by atoms with E-state index in [0.717, 1.165) is 36.3 Å². The summed E-state index contributed by atoms with van der Waals surface area (Å²) in [5.41, 5.74) is 1.80. The summed E-state index contributed by atoms with van der Waals surface area (Å²) >= 11 is 0. The average molecular weight is 384 g/mol. The van der Waals surface area contributed by atoms with Gasteiger partial charge in [0.1, 0.15) is 17.9 Å². The molecule has 1 N–H and O–H groups in total. The summed E-state index contributed by atoms with van der Waals surface area (Å²) in [5, 5.41) is 3.02. The largest absolute Gasteiger partial charge is 0.466 e. The molecule has 7 nitrogen and oxygen atoms in total. The molecule has 0 aliphatic carbocycles. The molecule has 0 spiro atoms. The number of nitrogens with zero attached hydrogens (tertiary/aromatic N) is 3. The number of hydrogen-bond donors (Lipinski definition) is 1. The Kier molecular flexibility index (Phi) is 9.04. The third-order valence-electron chi connectivity index (χ3n) is 4.45. The van der Waals surface area contributed by atoms with Crippen LogP contribution in [0.1, 0.15) is 56.2 Å². The topological polar surface area (TPSA) is 94.1 Å². The lowest BCUT2D eigenvalue weighted by molar-refractivity contribution is -0.143. The van der Waals surface area contributed by atoms with E-state index in [4.69, 9.17) is 4.74 Å². The Morgan fingerprint density at radius 1 is 1.14 bits per heavy atom. The number of unbranched alkanes of at least 4 members (excludes halogenated alkanes) is 1. The van der Waals surface area contributed by atoms with Crippen molar-refractivity contribution in [1.82, 2.24) is 15.0 Å². The number of nitrogens with one attached hydrogen (secondary N) is 1. The van der Waals surface area contributed by atoms with Crippen LogP contribution in [-0.4, -0.2) is 40.4 Å². The number of hydrogen-bond acceptors (Lipinski definition) is 7. The molecular weight excluding hydrogens is 356 g/mol. The number of rotatable bonds is 12. The Labute approximate surface area is 166 Å². The molecule has 1 unspecified atom stereocenters. The van der Waals surface area contributed by atoms with Crippen molar-refractivity contribution in [3.8, 4) is 0 Å². The lowest BCUT2D eigenvalue weighted by Crippen LogP contribution is -2.14. The summed E-state index contributed by atoms with van der Waals surface area (Å²) in [6, 6.07) is 5.89. The maximum atomic E-state index is 12.5. The maximum Gasteiger partial charge on any atom is 0.306 e. The Hall–Kier alpha value is -2.83. The summed E-state index contributed by atoms with van der Waals surface area (Å²) in [4.78, 5) is 36.8. The number of esters is 1. The first-order valence-electron chi connectivity index (χ1n) is 9.68. The molecule has 0 aliphatic rings. The predicted molar refractivity (Wildman–Crippen MR) is 107 cm³/mol. The van der Waals surface area contributed by atoms with Crippen LogP contribution in [-0.2, 0) is 20.7 Å².